The molecule has 5 heteroatoms. The number of nitrogens with one attached hydrogen (secondary N) is 1. The van der Waals surface area contributed by atoms with Gasteiger partial charge < -0.3 is 5.32 Å². The summed E-state index contributed by atoms with van der Waals surface area (Å²) in [4.78, 5) is 24.3. The summed E-state index contributed by atoms with van der Waals surface area (Å²) in [6.45, 7) is 4.84. The highest BCUT2D eigenvalue weighted by atomic mass is 32.2. The summed E-state index contributed by atoms with van der Waals surface area (Å²) in [6, 6.07) is 18.0. The normalized spacial score (nSPS) is 12.4. The number of nitrogens with zero attached hydrogens (tertiary/aromatic N) is 2. The van der Waals surface area contributed by atoms with Crippen LogP contribution in [0.15, 0.2) is 75.6 Å². The zero-order valence-electron chi connectivity index (χ0n) is 16.6. The number of pyridine rings is 1. The fourth-order valence-electron chi connectivity index (χ4n) is 3.28. The van der Waals surface area contributed by atoms with Crippen LogP contribution in [0, 0.1) is 6.92 Å². The molecule has 146 valence electrons. The SMILES string of the molecule is CCCCNC(=O)c1ccc2c(c1)N=C(c1ncccc1C)c1ccccc1S2. The van der Waals surface area contributed by atoms with Crippen molar-refractivity contribution in [3.63, 3.8) is 0 Å². The number of carbonyl (C=O) groups excluding carboxylic acids is 1. The first-order valence-electron chi connectivity index (χ1n) is 9.87. The van der Waals surface area contributed by atoms with E-state index in [9.17, 15) is 4.79 Å². The van der Waals surface area contributed by atoms with Gasteiger partial charge in [-0.25, -0.2) is 4.99 Å². The number of unbranched alkanes of at least 4 members (excludes halogenated alkanes) is 1. The van der Waals surface area contributed by atoms with Crippen molar-refractivity contribution >= 4 is 29.1 Å². The third-order valence-electron chi connectivity index (χ3n) is 4.87. The van der Waals surface area contributed by atoms with E-state index in [0.717, 1.165) is 50.9 Å². The van der Waals surface area contributed by atoms with E-state index >= 15 is 0 Å². The van der Waals surface area contributed by atoms with Gasteiger partial charge in [-0.2, -0.15) is 0 Å². The predicted molar refractivity (Wildman–Crippen MR) is 119 cm³/mol. The van der Waals surface area contributed by atoms with Crippen molar-refractivity contribution in [1.29, 1.82) is 0 Å². The molecular formula is C24H23N3OS. The van der Waals surface area contributed by atoms with Crippen molar-refractivity contribution < 1.29 is 4.79 Å². The fraction of sp³-hybridized carbons (Fsp3) is 0.208. The molecule has 3 aromatic rings. The summed E-state index contributed by atoms with van der Waals surface area (Å²) in [5.74, 6) is -0.0567. The van der Waals surface area contributed by atoms with Crippen molar-refractivity contribution in [1.82, 2.24) is 10.3 Å². The highest BCUT2D eigenvalue weighted by molar-refractivity contribution is 7.99. The van der Waals surface area contributed by atoms with Gasteiger partial charge in [0.05, 0.1) is 17.1 Å². The van der Waals surface area contributed by atoms with Gasteiger partial charge in [0.2, 0.25) is 0 Å². The minimum Gasteiger partial charge on any atom is -0.352 e. The Balaban J connectivity index is 1.81. The Morgan fingerprint density at radius 2 is 1.93 bits per heavy atom. The van der Waals surface area contributed by atoms with Crippen molar-refractivity contribution in [3.8, 4) is 0 Å². The quantitative estimate of drug-likeness (QED) is 0.446. The van der Waals surface area contributed by atoms with Gasteiger partial charge in [-0.15, -0.1) is 0 Å². The van der Waals surface area contributed by atoms with Crippen LogP contribution >= 0.6 is 11.8 Å². The highest BCUT2D eigenvalue weighted by Gasteiger charge is 2.21. The predicted octanol–water partition coefficient (Wildman–Crippen LogP) is 5.55. The Morgan fingerprint density at radius 1 is 1.07 bits per heavy atom. The minimum atomic E-state index is -0.0567. The summed E-state index contributed by atoms with van der Waals surface area (Å²) < 4.78 is 0. The number of benzene rings is 2. The molecule has 2 aromatic carbocycles. The van der Waals surface area contributed by atoms with Gasteiger partial charge in [0.1, 0.15) is 0 Å². The molecule has 0 aliphatic carbocycles. The largest absolute Gasteiger partial charge is 0.352 e. The number of hydrogen-bond donors (Lipinski definition) is 1. The van der Waals surface area contributed by atoms with E-state index in [0.29, 0.717) is 12.1 Å². The van der Waals surface area contributed by atoms with Crippen LogP contribution in [-0.4, -0.2) is 23.1 Å². The maximum Gasteiger partial charge on any atom is 0.251 e. The van der Waals surface area contributed by atoms with Gasteiger partial charge in [-0.1, -0.05) is 49.4 Å². The van der Waals surface area contributed by atoms with E-state index in [-0.39, 0.29) is 5.91 Å². The van der Waals surface area contributed by atoms with Crippen LogP contribution in [0.5, 0.6) is 0 Å². The van der Waals surface area contributed by atoms with Gasteiger partial charge >= 0.3 is 0 Å². The molecule has 4 nitrogen and oxygen atoms in total. The molecule has 0 unspecified atom stereocenters. The third kappa shape index (κ3) is 4.10. The summed E-state index contributed by atoms with van der Waals surface area (Å²) in [7, 11) is 0. The number of rotatable bonds is 5. The molecule has 4 rings (SSSR count). The summed E-state index contributed by atoms with van der Waals surface area (Å²) in [5, 5.41) is 2.98. The standard InChI is InChI=1S/C24H23N3OS/c1-3-4-13-26-24(28)17-11-12-21-19(15-17)27-23(22-16(2)8-7-14-25-22)18-9-5-6-10-20(18)29-21/h5-12,14-15H,3-4,13H2,1-2H3,(H,26,28). The van der Waals surface area contributed by atoms with Crippen molar-refractivity contribution in [2.75, 3.05) is 6.54 Å². The van der Waals surface area contributed by atoms with Gasteiger partial charge in [-0.3, -0.25) is 9.78 Å². The average Bonchev–Trinajstić information content (AvgIpc) is 2.90. The second-order valence-corrected chi connectivity index (χ2v) is 8.10. The van der Waals surface area contributed by atoms with E-state index in [1.165, 1.54) is 0 Å². The molecule has 1 amide bonds. The van der Waals surface area contributed by atoms with E-state index in [4.69, 9.17) is 4.99 Å². The number of amides is 1. The average molecular weight is 402 g/mol. The second kappa shape index (κ2) is 8.62. The van der Waals surface area contributed by atoms with E-state index in [1.807, 2.05) is 49.4 Å². The van der Waals surface area contributed by atoms with E-state index in [2.05, 4.69) is 29.4 Å². The number of carbonyl (C=O) groups is 1. The third-order valence-corrected chi connectivity index (χ3v) is 6.01. The molecule has 1 aliphatic rings. The van der Waals surface area contributed by atoms with Crippen molar-refractivity contribution in [2.45, 2.75) is 36.5 Å². The molecular weight excluding hydrogens is 378 g/mol. The zero-order valence-corrected chi connectivity index (χ0v) is 17.4. The van der Waals surface area contributed by atoms with Crippen LogP contribution in [0.3, 0.4) is 0 Å². The Bertz CT molecular complexity index is 1090. The van der Waals surface area contributed by atoms with Crippen molar-refractivity contribution in [3.05, 3.63) is 83.2 Å². The first-order valence-corrected chi connectivity index (χ1v) is 10.7. The summed E-state index contributed by atoms with van der Waals surface area (Å²) in [6.07, 6.45) is 3.82. The number of aryl methyl sites for hydroxylation is 1. The van der Waals surface area contributed by atoms with Gasteiger partial charge in [0, 0.05) is 33.7 Å². The molecule has 0 saturated heterocycles. The zero-order chi connectivity index (χ0) is 20.2. The van der Waals surface area contributed by atoms with Crippen LogP contribution in [0.4, 0.5) is 5.69 Å². The lowest BCUT2D eigenvalue weighted by molar-refractivity contribution is 0.0953. The van der Waals surface area contributed by atoms with Gasteiger partial charge in [0.25, 0.3) is 5.91 Å². The van der Waals surface area contributed by atoms with Crippen LogP contribution in [0.1, 0.15) is 46.9 Å². The molecule has 0 saturated carbocycles. The molecule has 1 aliphatic heterocycles. The molecule has 1 aromatic heterocycles. The smallest absolute Gasteiger partial charge is 0.251 e. The lowest BCUT2D eigenvalue weighted by Crippen LogP contribution is -2.24. The van der Waals surface area contributed by atoms with Crippen LogP contribution in [0.25, 0.3) is 0 Å². The molecule has 2 heterocycles. The number of fused-ring (bicyclic) bond motifs is 2. The Kier molecular flexibility index (Phi) is 5.76. The van der Waals surface area contributed by atoms with Crippen LogP contribution in [0.2, 0.25) is 0 Å². The van der Waals surface area contributed by atoms with E-state index in [1.54, 1.807) is 18.0 Å². The fourth-order valence-corrected chi connectivity index (χ4v) is 4.28. The Morgan fingerprint density at radius 3 is 2.76 bits per heavy atom. The molecule has 29 heavy (non-hydrogen) atoms. The second-order valence-electron chi connectivity index (χ2n) is 7.02. The van der Waals surface area contributed by atoms with Crippen molar-refractivity contribution in [2.24, 2.45) is 4.99 Å². The lowest BCUT2D eigenvalue weighted by atomic mass is 10.0. The number of hydrogen-bond acceptors (Lipinski definition) is 4. The highest BCUT2D eigenvalue weighted by Crippen LogP contribution is 2.41. The maximum atomic E-state index is 12.5. The van der Waals surface area contributed by atoms with Crippen LogP contribution < -0.4 is 5.32 Å². The minimum absolute atomic E-state index is 0.0567. The molecule has 0 fully saturated rings. The number of aliphatic imine (C=N–C) groups is 1. The molecule has 0 spiro atoms. The molecule has 0 atom stereocenters. The summed E-state index contributed by atoms with van der Waals surface area (Å²) >= 11 is 1.68. The van der Waals surface area contributed by atoms with Gasteiger partial charge in [-0.05, 0) is 49.2 Å². The van der Waals surface area contributed by atoms with E-state index < -0.39 is 0 Å². The topological polar surface area (TPSA) is 54.4 Å². The summed E-state index contributed by atoms with van der Waals surface area (Å²) in [5.41, 5.74) is 5.27. The first kappa shape index (κ1) is 19.4. The Labute approximate surface area is 175 Å². The van der Waals surface area contributed by atoms with Gasteiger partial charge in [0.15, 0.2) is 0 Å². The maximum absolute atomic E-state index is 12.5. The first-order chi connectivity index (χ1) is 14.2. The molecule has 0 bridgehead atoms. The van der Waals surface area contributed by atoms with Crippen LogP contribution in [-0.2, 0) is 0 Å². The lowest BCUT2D eigenvalue weighted by Gasteiger charge is -2.10. The Hall–Kier alpha value is -2.92. The molecule has 1 N–H and O–H groups in total. The monoisotopic (exact) mass is 401 g/mol. The molecule has 0 radical (unpaired) electrons. The number of aromatic nitrogens is 1.